The van der Waals surface area contributed by atoms with Crippen LogP contribution in [0, 0.1) is 17.5 Å². The Hall–Kier alpha value is -3.40. The lowest BCUT2D eigenvalue weighted by Crippen LogP contribution is -2.53. The van der Waals surface area contributed by atoms with E-state index in [1.165, 1.54) is 51.4 Å². The Morgan fingerprint density at radius 1 is 1.10 bits per heavy atom. The zero-order valence-electron chi connectivity index (χ0n) is 16.6. The summed E-state index contributed by atoms with van der Waals surface area (Å²) in [6.45, 7) is 1.93. The molecule has 10 heteroatoms. The molecule has 1 N–H and O–H groups in total. The molecule has 3 aromatic rings. The number of rotatable bonds is 6. The molecule has 1 saturated heterocycles. The molecule has 0 unspecified atom stereocenters. The van der Waals surface area contributed by atoms with E-state index in [1.54, 1.807) is 6.92 Å². The Balaban J connectivity index is 1.68. The van der Waals surface area contributed by atoms with E-state index >= 15 is 0 Å². The van der Waals surface area contributed by atoms with Crippen LogP contribution < -0.4 is 4.90 Å². The molecule has 4 rings (SSSR count). The average Bonchev–Trinajstić information content (AvgIpc) is 3.37. The number of hydrogen-bond donors (Lipinski definition) is 1. The number of urea groups is 1. The number of carbonyl (C=O) groups excluding carboxylic acids is 1. The van der Waals surface area contributed by atoms with E-state index in [-0.39, 0.29) is 18.7 Å². The molecule has 2 aromatic carbocycles. The summed E-state index contributed by atoms with van der Waals surface area (Å²) in [7, 11) is 0. The number of aliphatic hydroxyl groups is 1. The van der Waals surface area contributed by atoms with Crippen molar-refractivity contribution < 1.29 is 23.1 Å². The number of aromatic nitrogens is 3. The standard InChI is InChI=1S/C21H20F3N5O2/c1-14(28-8-9-29(20(28)30)17-5-2-15(22)3-6-17)21(31,11-27-13-25-12-26-27)18-7-4-16(23)10-19(18)24/h2-7,10,12-14,31H,8-9,11H2,1H3/t14-,21-/m1/s1. The third-order valence-electron chi connectivity index (χ3n) is 5.61. The van der Waals surface area contributed by atoms with Crippen molar-refractivity contribution >= 4 is 11.7 Å². The van der Waals surface area contributed by atoms with E-state index in [4.69, 9.17) is 0 Å². The van der Waals surface area contributed by atoms with Gasteiger partial charge in [-0.05, 0) is 37.3 Å². The summed E-state index contributed by atoms with van der Waals surface area (Å²) in [6, 6.07) is 7.06. The molecule has 0 saturated carbocycles. The molecule has 0 radical (unpaired) electrons. The topological polar surface area (TPSA) is 74.5 Å². The quantitative estimate of drug-likeness (QED) is 0.651. The SMILES string of the molecule is C[C@@H](N1CCN(c2ccc(F)cc2)C1=O)[C@](O)(Cn1cncn1)c1ccc(F)cc1F. The molecule has 31 heavy (non-hydrogen) atoms. The average molecular weight is 431 g/mol. The van der Waals surface area contributed by atoms with Crippen LogP contribution in [0.3, 0.4) is 0 Å². The monoisotopic (exact) mass is 431 g/mol. The predicted octanol–water partition coefficient (Wildman–Crippen LogP) is 2.91. The fourth-order valence-corrected chi connectivity index (χ4v) is 3.88. The molecule has 1 aliphatic rings. The molecule has 1 aliphatic heterocycles. The molecule has 2 heterocycles. The van der Waals surface area contributed by atoms with Crippen molar-refractivity contribution in [3.63, 3.8) is 0 Å². The van der Waals surface area contributed by atoms with E-state index in [9.17, 15) is 23.1 Å². The number of carbonyl (C=O) groups is 1. The van der Waals surface area contributed by atoms with Gasteiger partial charge in [0.1, 0.15) is 35.7 Å². The lowest BCUT2D eigenvalue weighted by molar-refractivity contribution is -0.0475. The largest absolute Gasteiger partial charge is 0.381 e. The van der Waals surface area contributed by atoms with Crippen molar-refractivity contribution in [1.82, 2.24) is 19.7 Å². The summed E-state index contributed by atoms with van der Waals surface area (Å²) >= 11 is 0. The van der Waals surface area contributed by atoms with E-state index in [0.29, 0.717) is 18.3 Å². The zero-order chi connectivity index (χ0) is 22.2. The second-order valence-corrected chi connectivity index (χ2v) is 7.42. The third-order valence-corrected chi connectivity index (χ3v) is 5.61. The molecule has 2 amide bonds. The first-order chi connectivity index (χ1) is 14.8. The highest BCUT2D eigenvalue weighted by Crippen LogP contribution is 2.35. The van der Waals surface area contributed by atoms with Crippen molar-refractivity contribution in [3.05, 3.63) is 78.1 Å². The van der Waals surface area contributed by atoms with Crippen LogP contribution >= 0.6 is 0 Å². The molecular formula is C21H20F3N5O2. The van der Waals surface area contributed by atoms with Crippen LogP contribution in [0.5, 0.6) is 0 Å². The van der Waals surface area contributed by atoms with Gasteiger partial charge in [0.05, 0.1) is 12.6 Å². The summed E-state index contributed by atoms with van der Waals surface area (Å²) < 4.78 is 42.8. The minimum atomic E-state index is -1.93. The lowest BCUT2D eigenvalue weighted by atomic mass is 9.85. The van der Waals surface area contributed by atoms with Crippen LogP contribution in [0.1, 0.15) is 12.5 Å². The summed E-state index contributed by atoms with van der Waals surface area (Å²) in [4.78, 5) is 19.8. The van der Waals surface area contributed by atoms with Gasteiger partial charge in [-0.15, -0.1) is 0 Å². The first-order valence-electron chi connectivity index (χ1n) is 9.63. The Morgan fingerprint density at radius 2 is 1.81 bits per heavy atom. The van der Waals surface area contributed by atoms with Gasteiger partial charge < -0.3 is 10.0 Å². The van der Waals surface area contributed by atoms with Crippen molar-refractivity contribution in [2.75, 3.05) is 18.0 Å². The first-order valence-corrected chi connectivity index (χ1v) is 9.63. The fourth-order valence-electron chi connectivity index (χ4n) is 3.88. The molecule has 0 aliphatic carbocycles. The minimum absolute atomic E-state index is 0.162. The summed E-state index contributed by atoms with van der Waals surface area (Å²) in [6.07, 6.45) is 2.62. The Labute approximate surface area is 176 Å². The molecule has 7 nitrogen and oxygen atoms in total. The van der Waals surface area contributed by atoms with Gasteiger partial charge in [-0.1, -0.05) is 6.07 Å². The van der Waals surface area contributed by atoms with Gasteiger partial charge >= 0.3 is 6.03 Å². The molecule has 0 spiro atoms. The molecule has 1 fully saturated rings. The van der Waals surface area contributed by atoms with E-state index in [2.05, 4.69) is 10.1 Å². The molecule has 2 atom stereocenters. The maximum absolute atomic E-state index is 14.7. The summed E-state index contributed by atoms with van der Waals surface area (Å²) in [5, 5.41) is 15.6. The van der Waals surface area contributed by atoms with Crippen molar-refractivity contribution in [2.45, 2.75) is 25.1 Å². The minimum Gasteiger partial charge on any atom is -0.381 e. The van der Waals surface area contributed by atoms with E-state index < -0.39 is 35.1 Å². The molecule has 1 aromatic heterocycles. The van der Waals surface area contributed by atoms with Crippen molar-refractivity contribution in [3.8, 4) is 0 Å². The first kappa shape index (κ1) is 20.9. The van der Waals surface area contributed by atoms with Gasteiger partial charge in [-0.25, -0.2) is 27.6 Å². The van der Waals surface area contributed by atoms with Gasteiger partial charge in [-0.3, -0.25) is 4.90 Å². The van der Waals surface area contributed by atoms with Gasteiger partial charge in [0, 0.05) is 30.4 Å². The Kier molecular flexibility index (Phi) is 5.40. The lowest BCUT2D eigenvalue weighted by Gasteiger charge is -2.39. The molecular weight excluding hydrogens is 411 g/mol. The summed E-state index contributed by atoms with van der Waals surface area (Å²) in [5.41, 5.74) is -1.58. The van der Waals surface area contributed by atoms with Gasteiger partial charge in [-0.2, -0.15) is 5.10 Å². The Morgan fingerprint density at radius 3 is 2.45 bits per heavy atom. The highest BCUT2D eigenvalue weighted by molar-refractivity contribution is 5.94. The van der Waals surface area contributed by atoms with Crippen LogP contribution in [0.4, 0.5) is 23.7 Å². The highest BCUT2D eigenvalue weighted by atomic mass is 19.1. The normalized spacial score (nSPS) is 17.1. The number of halogens is 3. The maximum Gasteiger partial charge on any atom is 0.324 e. The van der Waals surface area contributed by atoms with E-state index in [1.807, 2.05) is 0 Å². The van der Waals surface area contributed by atoms with Gasteiger partial charge in [0.15, 0.2) is 0 Å². The molecule has 0 bridgehead atoms. The van der Waals surface area contributed by atoms with Crippen molar-refractivity contribution in [1.29, 1.82) is 0 Å². The van der Waals surface area contributed by atoms with Crippen molar-refractivity contribution in [2.24, 2.45) is 0 Å². The summed E-state index contributed by atoms with van der Waals surface area (Å²) in [5.74, 6) is -2.14. The smallest absolute Gasteiger partial charge is 0.324 e. The van der Waals surface area contributed by atoms with Crippen LogP contribution in [0.15, 0.2) is 55.1 Å². The number of anilines is 1. The van der Waals surface area contributed by atoms with Crippen LogP contribution in [-0.4, -0.2) is 49.9 Å². The second kappa shape index (κ2) is 8.03. The van der Waals surface area contributed by atoms with E-state index in [0.717, 1.165) is 12.1 Å². The predicted molar refractivity (Wildman–Crippen MR) is 106 cm³/mol. The zero-order valence-corrected chi connectivity index (χ0v) is 16.6. The maximum atomic E-state index is 14.7. The van der Waals surface area contributed by atoms with Gasteiger partial charge in [0.2, 0.25) is 0 Å². The number of amides is 2. The molecule has 162 valence electrons. The van der Waals surface area contributed by atoms with Crippen LogP contribution in [0.2, 0.25) is 0 Å². The number of benzene rings is 2. The number of nitrogens with zero attached hydrogens (tertiary/aromatic N) is 5. The number of hydrogen-bond acceptors (Lipinski definition) is 4. The fraction of sp³-hybridized carbons (Fsp3) is 0.286. The Bertz CT molecular complexity index is 1080. The second-order valence-electron chi connectivity index (χ2n) is 7.42. The highest BCUT2D eigenvalue weighted by Gasteiger charge is 2.46. The van der Waals surface area contributed by atoms with Gasteiger partial charge in [0.25, 0.3) is 0 Å². The van der Waals surface area contributed by atoms with Crippen LogP contribution in [-0.2, 0) is 12.1 Å². The third kappa shape index (κ3) is 3.86. The van der Waals surface area contributed by atoms with Crippen LogP contribution in [0.25, 0.3) is 0 Å².